The number of aryl methyl sites for hydroxylation is 1. The number of ether oxygens (including phenoxy) is 1. The Bertz CT molecular complexity index is 531. The van der Waals surface area contributed by atoms with Crippen molar-refractivity contribution >= 4 is 17.7 Å². The molecule has 0 aliphatic heterocycles. The molecule has 6 nitrogen and oxygen atoms in total. The summed E-state index contributed by atoms with van der Waals surface area (Å²) in [5.41, 5.74) is 6.67. The van der Waals surface area contributed by atoms with Crippen LogP contribution in [0.2, 0.25) is 0 Å². The molecule has 4 N–H and O–H groups in total. The molecule has 26 heavy (non-hydrogen) atoms. The summed E-state index contributed by atoms with van der Waals surface area (Å²) in [7, 11) is 0. The molecule has 0 heterocycles. The number of primary amides is 1. The largest absolute Gasteiger partial charge is 0.434 e. The van der Waals surface area contributed by atoms with Crippen molar-refractivity contribution in [2.24, 2.45) is 5.73 Å². The summed E-state index contributed by atoms with van der Waals surface area (Å²) in [5, 5.41) is 11.7. The van der Waals surface area contributed by atoms with E-state index in [0.717, 1.165) is 6.42 Å². The number of nitrogens with two attached hydrogens (primary N) is 1. The molecule has 1 rings (SSSR count). The number of hydrogen-bond acceptors (Lipinski definition) is 4. The molecule has 1 unspecified atom stereocenters. The molecule has 0 aliphatic carbocycles. The fraction of sp³-hybridized carbons (Fsp3) is 0.600. The highest BCUT2D eigenvalue weighted by Crippen LogP contribution is 2.14. The van der Waals surface area contributed by atoms with E-state index in [1.165, 1.54) is 56.9 Å². The Kier molecular flexibility index (Phi) is 11.1. The number of amides is 2. The van der Waals surface area contributed by atoms with Crippen LogP contribution in [-0.2, 0) is 16.0 Å². The van der Waals surface area contributed by atoms with E-state index in [9.17, 15) is 9.59 Å². The lowest BCUT2D eigenvalue weighted by Gasteiger charge is -2.14. The molecule has 0 bridgehead atoms. The molecule has 0 fully saturated rings. The second-order valence-corrected chi connectivity index (χ2v) is 6.52. The first kappa shape index (κ1) is 22.0. The van der Waals surface area contributed by atoms with Crippen molar-refractivity contribution in [3.8, 4) is 0 Å². The van der Waals surface area contributed by atoms with Gasteiger partial charge in [-0.25, -0.2) is 4.79 Å². The van der Waals surface area contributed by atoms with Gasteiger partial charge in [0.25, 0.3) is 5.91 Å². The number of unbranched alkanes of at least 4 members (excludes halogenated alkanes) is 7. The Morgan fingerprint density at radius 2 is 1.62 bits per heavy atom. The third-order valence-electron chi connectivity index (χ3n) is 4.26. The molecule has 0 spiro atoms. The first-order chi connectivity index (χ1) is 12.6. The molecule has 1 aromatic carbocycles. The Hall–Kier alpha value is -2.08. The molecular formula is C20H32N2O4. The first-order valence-corrected chi connectivity index (χ1v) is 9.53. The van der Waals surface area contributed by atoms with Gasteiger partial charge in [-0.2, -0.15) is 0 Å². The Balaban J connectivity index is 2.28. The number of nitrogens with one attached hydrogen (secondary N) is 1. The summed E-state index contributed by atoms with van der Waals surface area (Å²) in [6, 6.07) is 7.55. The monoisotopic (exact) mass is 364 g/mol. The predicted octanol–water partition coefficient (Wildman–Crippen LogP) is 3.76. The molecular weight excluding hydrogens is 332 g/mol. The lowest BCUT2D eigenvalue weighted by molar-refractivity contribution is -0.125. The van der Waals surface area contributed by atoms with Gasteiger partial charge in [-0.15, -0.1) is 0 Å². The molecule has 0 aromatic heterocycles. The minimum absolute atomic E-state index is 0.584. The molecule has 0 saturated carbocycles. The van der Waals surface area contributed by atoms with Crippen LogP contribution in [0.25, 0.3) is 0 Å². The van der Waals surface area contributed by atoms with Gasteiger partial charge in [0.1, 0.15) is 0 Å². The van der Waals surface area contributed by atoms with E-state index in [0.29, 0.717) is 5.69 Å². The van der Waals surface area contributed by atoms with Crippen molar-refractivity contribution in [3.05, 3.63) is 29.8 Å². The highest BCUT2D eigenvalue weighted by molar-refractivity contribution is 5.95. The van der Waals surface area contributed by atoms with Crippen LogP contribution in [0, 0.1) is 0 Å². The van der Waals surface area contributed by atoms with Gasteiger partial charge in [-0.05, 0) is 30.5 Å². The third kappa shape index (κ3) is 9.42. The van der Waals surface area contributed by atoms with Crippen LogP contribution >= 0.6 is 0 Å². The molecule has 1 aromatic rings. The van der Waals surface area contributed by atoms with E-state index in [4.69, 9.17) is 10.8 Å². The second-order valence-electron chi connectivity index (χ2n) is 6.52. The maximum atomic E-state index is 11.9. The Labute approximate surface area is 156 Å². The van der Waals surface area contributed by atoms with Gasteiger partial charge < -0.3 is 20.9 Å². The van der Waals surface area contributed by atoms with Crippen molar-refractivity contribution in [1.82, 2.24) is 0 Å². The average Bonchev–Trinajstić information content (AvgIpc) is 2.63. The highest BCUT2D eigenvalue weighted by Gasteiger charge is 2.20. The van der Waals surface area contributed by atoms with Crippen LogP contribution in [0.3, 0.4) is 0 Å². The lowest BCUT2D eigenvalue weighted by Crippen LogP contribution is -2.36. The Morgan fingerprint density at radius 3 is 2.15 bits per heavy atom. The summed E-state index contributed by atoms with van der Waals surface area (Å²) in [4.78, 5) is 22.6. The number of aliphatic hydroxyl groups is 1. The second kappa shape index (κ2) is 13.2. The van der Waals surface area contributed by atoms with E-state index >= 15 is 0 Å². The molecule has 2 amide bonds. The number of benzene rings is 1. The smallest absolute Gasteiger partial charge is 0.405 e. The number of carbonyl (C=O) groups excluding carboxylic acids is 2. The number of aliphatic hydroxyl groups excluding tert-OH is 1. The number of anilines is 1. The van der Waals surface area contributed by atoms with Crippen LogP contribution in [-0.4, -0.2) is 29.8 Å². The van der Waals surface area contributed by atoms with Crippen LogP contribution in [0.4, 0.5) is 10.5 Å². The summed E-state index contributed by atoms with van der Waals surface area (Å²) < 4.78 is 4.54. The van der Waals surface area contributed by atoms with Crippen LogP contribution in [0.15, 0.2) is 24.3 Å². The van der Waals surface area contributed by atoms with Gasteiger partial charge in [0.15, 0.2) is 0 Å². The Morgan fingerprint density at radius 1 is 1.04 bits per heavy atom. The summed E-state index contributed by atoms with van der Waals surface area (Å²) in [5.74, 6) is -0.609. The van der Waals surface area contributed by atoms with E-state index < -0.39 is 24.7 Å². The summed E-state index contributed by atoms with van der Waals surface area (Å²) in [6.45, 7) is 1.61. The van der Waals surface area contributed by atoms with E-state index in [1.807, 2.05) is 12.1 Å². The van der Waals surface area contributed by atoms with E-state index in [1.54, 1.807) is 12.1 Å². The normalized spacial score (nSPS) is 11.8. The molecule has 6 heteroatoms. The van der Waals surface area contributed by atoms with E-state index in [2.05, 4.69) is 17.0 Å². The fourth-order valence-electron chi connectivity index (χ4n) is 2.75. The van der Waals surface area contributed by atoms with Crippen molar-refractivity contribution in [2.75, 3.05) is 11.9 Å². The van der Waals surface area contributed by atoms with Crippen LogP contribution in [0.5, 0.6) is 0 Å². The zero-order valence-corrected chi connectivity index (χ0v) is 15.7. The molecule has 146 valence electrons. The maximum Gasteiger partial charge on any atom is 0.405 e. The van der Waals surface area contributed by atoms with E-state index in [-0.39, 0.29) is 0 Å². The highest BCUT2D eigenvalue weighted by atomic mass is 16.6. The van der Waals surface area contributed by atoms with Crippen molar-refractivity contribution in [2.45, 2.75) is 70.8 Å². The predicted molar refractivity (Wildman–Crippen MR) is 103 cm³/mol. The van der Waals surface area contributed by atoms with Gasteiger partial charge in [0, 0.05) is 5.69 Å². The van der Waals surface area contributed by atoms with Gasteiger partial charge in [-0.3, -0.25) is 4.79 Å². The first-order valence-electron chi connectivity index (χ1n) is 9.53. The van der Waals surface area contributed by atoms with Crippen LogP contribution < -0.4 is 11.1 Å². The molecule has 0 saturated heterocycles. The van der Waals surface area contributed by atoms with Crippen molar-refractivity contribution in [1.29, 1.82) is 0 Å². The van der Waals surface area contributed by atoms with Gasteiger partial charge in [-0.1, -0.05) is 64.0 Å². The average molecular weight is 364 g/mol. The quantitative estimate of drug-likeness (QED) is 0.464. The third-order valence-corrected chi connectivity index (χ3v) is 4.26. The maximum absolute atomic E-state index is 11.9. The summed E-state index contributed by atoms with van der Waals surface area (Å²) >= 11 is 0. The lowest BCUT2D eigenvalue weighted by atomic mass is 10.0. The minimum Gasteiger partial charge on any atom is -0.434 e. The number of rotatable bonds is 13. The van der Waals surface area contributed by atoms with Gasteiger partial charge in [0.2, 0.25) is 6.10 Å². The summed E-state index contributed by atoms with van der Waals surface area (Å²) in [6.07, 6.45) is 8.97. The molecule has 0 radical (unpaired) electrons. The van der Waals surface area contributed by atoms with Gasteiger partial charge in [0.05, 0.1) is 6.61 Å². The zero-order chi connectivity index (χ0) is 19.2. The fourth-order valence-corrected chi connectivity index (χ4v) is 2.75. The van der Waals surface area contributed by atoms with Gasteiger partial charge >= 0.3 is 6.09 Å². The standard InChI is InChI=1S/C20H32N2O4/c1-2-3-4-5-6-7-8-9-10-16-11-13-17(14-12-16)22-19(24)18(15-23)26-20(21)25/h11-14,18,23H,2-10,15H2,1H3,(H2,21,25)(H,22,24). The van der Waals surface area contributed by atoms with Crippen molar-refractivity contribution in [3.63, 3.8) is 0 Å². The minimum atomic E-state index is -1.30. The number of hydrogen-bond donors (Lipinski definition) is 3. The topological polar surface area (TPSA) is 102 Å². The zero-order valence-electron chi connectivity index (χ0n) is 15.7. The van der Waals surface area contributed by atoms with Crippen molar-refractivity contribution < 1.29 is 19.4 Å². The molecule has 1 atom stereocenters. The molecule has 0 aliphatic rings. The SMILES string of the molecule is CCCCCCCCCCc1ccc(NC(=O)C(CO)OC(N)=O)cc1. The van der Waals surface area contributed by atoms with Crippen LogP contribution in [0.1, 0.15) is 63.9 Å². The number of carbonyl (C=O) groups is 2.